The van der Waals surface area contributed by atoms with Gasteiger partial charge in [-0.15, -0.1) is 0 Å². The molecule has 1 unspecified atom stereocenters. The van der Waals surface area contributed by atoms with E-state index >= 15 is 0 Å². The Kier molecular flexibility index (Phi) is 3.64. The van der Waals surface area contributed by atoms with E-state index in [1.165, 1.54) is 0 Å². The van der Waals surface area contributed by atoms with Gasteiger partial charge in [0.05, 0.1) is 10.6 Å². The third-order valence-corrected chi connectivity index (χ3v) is 2.92. The lowest BCUT2D eigenvalue weighted by molar-refractivity contribution is 0.180. The van der Waals surface area contributed by atoms with Gasteiger partial charge >= 0.3 is 0 Å². The third-order valence-electron chi connectivity index (χ3n) is 2.34. The first kappa shape index (κ1) is 11.6. The fourth-order valence-electron chi connectivity index (χ4n) is 1.38. The topological polar surface area (TPSA) is 46.2 Å². The Morgan fingerprint density at radius 2 is 2.14 bits per heavy atom. The van der Waals surface area contributed by atoms with Crippen LogP contribution in [0.4, 0.5) is 4.39 Å². The van der Waals surface area contributed by atoms with E-state index in [1.807, 2.05) is 6.92 Å². The number of halogens is 2. The molecule has 0 saturated heterocycles. The number of aryl methyl sites for hydroxylation is 1. The summed E-state index contributed by atoms with van der Waals surface area (Å²) in [5.41, 5.74) is 7.29. The van der Waals surface area contributed by atoms with Gasteiger partial charge in [0.2, 0.25) is 0 Å². The number of hydrogen-bond donors (Lipinski definition) is 2. The zero-order chi connectivity index (χ0) is 10.9. The van der Waals surface area contributed by atoms with E-state index in [-0.39, 0.29) is 6.54 Å². The van der Waals surface area contributed by atoms with Crippen molar-refractivity contribution in [2.45, 2.75) is 20.0 Å². The Morgan fingerprint density at radius 3 is 2.64 bits per heavy atom. The summed E-state index contributed by atoms with van der Waals surface area (Å²) in [6.07, 6.45) is -0.939. The van der Waals surface area contributed by atoms with Crippen LogP contribution in [0, 0.1) is 19.7 Å². The van der Waals surface area contributed by atoms with Crippen LogP contribution in [-0.2, 0) is 0 Å². The molecule has 0 aliphatic heterocycles. The number of rotatable bonds is 2. The van der Waals surface area contributed by atoms with Crippen LogP contribution in [0.1, 0.15) is 22.8 Å². The molecule has 0 amide bonds. The van der Waals surface area contributed by atoms with Gasteiger partial charge in [0.15, 0.2) is 0 Å². The zero-order valence-electron chi connectivity index (χ0n) is 8.14. The van der Waals surface area contributed by atoms with E-state index in [9.17, 15) is 9.50 Å². The minimum Gasteiger partial charge on any atom is -0.387 e. The van der Waals surface area contributed by atoms with Gasteiger partial charge in [-0.05, 0) is 47.0 Å². The summed E-state index contributed by atoms with van der Waals surface area (Å²) in [5.74, 6) is -0.425. The number of aliphatic hydroxyl groups is 1. The predicted octanol–water partition coefficient (Wildman–Crippen LogP) is 2.20. The van der Waals surface area contributed by atoms with E-state index in [0.29, 0.717) is 10.0 Å². The van der Waals surface area contributed by atoms with Gasteiger partial charge in [-0.2, -0.15) is 0 Å². The first-order chi connectivity index (χ1) is 6.49. The average Bonchev–Trinajstić information content (AvgIpc) is 2.15. The first-order valence-electron chi connectivity index (χ1n) is 4.32. The summed E-state index contributed by atoms with van der Waals surface area (Å²) < 4.78 is 14.0. The van der Waals surface area contributed by atoms with Gasteiger partial charge in [0.25, 0.3) is 0 Å². The highest BCUT2D eigenvalue weighted by Crippen LogP contribution is 2.29. The van der Waals surface area contributed by atoms with Crippen LogP contribution < -0.4 is 5.73 Å². The molecular formula is C10H13BrFNO. The lowest BCUT2D eigenvalue weighted by Gasteiger charge is -2.15. The standard InChI is InChI=1S/C10H13BrFNO/c1-5-3-7(11)10(12)9(6(5)2)8(14)4-13/h3,8,14H,4,13H2,1-2H3. The second-order valence-electron chi connectivity index (χ2n) is 3.28. The molecule has 1 atom stereocenters. The van der Waals surface area contributed by atoms with E-state index in [0.717, 1.165) is 11.1 Å². The zero-order valence-corrected chi connectivity index (χ0v) is 9.73. The second kappa shape index (κ2) is 4.38. The van der Waals surface area contributed by atoms with E-state index in [1.54, 1.807) is 13.0 Å². The summed E-state index contributed by atoms with van der Waals surface area (Å²) in [5, 5.41) is 9.55. The van der Waals surface area contributed by atoms with Crippen LogP contribution in [-0.4, -0.2) is 11.7 Å². The largest absolute Gasteiger partial charge is 0.387 e. The Balaban J connectivity index is 3.39. The van der Waals surface area contributed by atoms with Crippen LogP contribution in [0.5, 0.6) is 0 Å². The molecule has 1 rings (SSSR count). The van der Waals surface area contributed by atoms with Crippen LogP contribution in [0.2, 0.25) is 0 Å². The maximum Gasteiger partial charge on any atom is 0.143 e. The Bertz CT molecular complexity index is 328. The average molecular weight is 262 g/mol. The molecule has 0 bridgehead atoms. The molecule has 0 fully saturated rings. The Morgan fingerprint density at radius 1 is 1.57 bits per heavy atom. The summed E-state index contributed by atoms with van der Waals surface area (Å²) in [4.78, 5) is 0. The molecule has 0 aromatic heterocycles. The van der Waals surface area contributed by atoms with Gasteiger partial charge in [-0.1, -0.05) is 0 Å². The summed E-state index contributed by atoms with van der Waals surface area (Å²) in [7, 11) is 0. The molecule has 0 spiro atoms. The Hall–Kier alpha value is -0.450. The van der Waals surface area contributed by atoms with Crippen LogP contribution in [0.3, 0.4) is 0 Å². The molecule has 0 aliphatic carbocycles. The molecule has 3 N–H and O–H groups in total. The van der Waals surface area contributed by atoms with Crippen molar-refractivity contribution in [3.8, 4) is 0 Å². The highest BCUT2D eigenvalue weighted by Gasteiger charge is 2.18. The molecular weight excluding hydrogens is 249 g/mol. The fourth-order valence-corrected chi connectivity index (χ4v) is 1.94. The normalized spacial score (nSPS) is 13.0. The molecule has 14 heavy (non-hydrogen) atoms. The van der Waals surface area contributed by atoms with Crippen LogP contribution in [0.25, 0.3) is 0 Å². The molecule has 0 radical (unpaired) electrons. The van der Waals surface area contributed by atoms with Crippen molar-refractivity contribution in [3.63, 3.8) is 0 Å². The van der Waals surface area contributed by atoms with Crippen molar-refractivity contribution in [2.75, 3.05) is 6.54 Å². The van der Waals surface area contributed by atoms with Crippen molar-refractivity contribution in [1.82, 2.24) is 0 Å². The lowest BCUT2D eigenvalue weighted by Crippen LogP contribution is -2.15. The molecule has 78 valence electrons. The quantitative estimate of drug-likeness (QED) is 0.858. The Labute approximate surface area is 91.1 Å². The van der Waals surface area contributed by atoms with Crippen molar-refractivity contribution in [3.05, 3.63) is 33.0 Å². The molecule has 2 nitrogen and oxygen atoms in total. The van der Waals surface area contributed by atoms with Gasteiger partial charge in [0.1, 0.15) is 5.82 Å². The highest BCUT2D eigenvalue weighted by atomic mass is 79.9. The molecule has 4 heteroatoms. The number of aliphatic hydroxyl groups excluding tert-OH is 1. The van der Waals surface area contributed by atoms with Crippen molar-refractivity contribution in [2.24, 2.45) is 5.73 Å². The molecule has 0 saturated carbocycles. The SMILES string of the molecule is Cc1cc(Br)c(F)c(C(O)CN)c1C. The van der Waals surface area contributed by atoms with Gasteiger partial charge in [-0.3, -0.25) is 0 Å². The minimum absolute atomic E-state index is 0.0215. The second-order valence-corrected chi connectivity index (χ2v) is 4.13. The maximum atomic E-state index is 13.6. The summed E-state index contributed by atoms with van der Waals surface area (Å²) in [6, 6.07) is 1.69. The lowest BCUT2D eigenvalue weighted by atomic mass is 9.98. The maximum absolute atomic E-state index is 13.6. The van der Waals surface area contributed by atoms with Crippen molar-refractivity contribution >= 4 is 15.9 Å². The monoisotopic (exact) mass is 261 g/mol. The van der Waals surface area contributed by atoms with Crippen LogP contribution in [0.15, 0.2) is 10.5 Å². The molecule has 0 aliphatic rings. The fraction of sp³-hybridized carbons (Fsp3) is 0.400. The first-order valence-corrected chi connectivity index (χ1v) is 5.11. The van der Waals surface area contributed by atoms with Gasteiger partial charge in [0, 0.05) is 12.1 Å². The van der Waals surface area contributed by atoms with Gasteiger partial charge in [-0.25, -0.2) is 4.39 Å². The minimum atomic E-state index is -0.939. The predicted molar refractivity (Wildman–Crippen MR) is 57.6 cm³/mol. The van der Waals surface area contributed by atoms with Gasteiger partial charge < -0.3 is 10.8 Å². The molecule has 0 heterocycles. The highest BCUT2D eigenvalue weighted by molar-refractivity contribution is 9.10. The smallest absolute Gasteiger partial charge is 0.143 e. The summed E-state index contributed by atoms with van der Waals surface area (Å²) in [6.45, 7) is 3.67. The van der Waals surface area contributed by atoms with Crippen LogP contribution >= 0.6 is 15.9 Å². The molecule has 1 aromatic rings. The van der Waals surface area contributed by atoms with Crippen molar-refractivity contribution in [1.29, 1.82) is 0 Å². The van der Waals surface area contributed by atoms with E-state index < -0.39 is 11.9 Å². The summed E-state index contributed by atoms with van der Waals surface area (Å²) >= 11 is 3.10. The van der Waals surface area contributed by atoms with E-state index in [4.69, 9.17) is 5.73 Å². The van der Waals surface area contributed by atoms with Crippen molar-refractivity contribution < 1.29 is 9.50 Å². The third kappa shape index (κ3) is 1.97. The molecule has 1 aromatic carbocycles. The number of hydrogen-bond acceptors (Lipinski definition) is 2. The number of nitrogens with two attached hydrogens (primary N) is 1. The number of benzene rings is 1. The van der Waals surface area contributed by atoms with E-state index in [2.05, 4.69) is 15.9 Å².